The Morgan fingerprint density at radius 3 is 1.69 bits per heavy atom. The van der Waals surface area contributed by atoms with Crippen LogP contribution in [0.25, 0.3) is 56.4 Å². The molecule has 2 atom stereocenters. The predicted molar refractivity (Wildman–Crippen MR) is 319 cm³/mol. The van der Waals surface area contributed by atoms with Gasteiger partial charge in [-0.25, -0.2) is 19.6 Å². The Bertz CT molecular complexity index is 3840. The van der Waals surface area contributed by atoms with Crippen molar-refractivity contribution in [3.05, 3.63) is 259 Å². The van der Waals surface area contributed by atoms with E-state index in [1.54, 1.807) is 12.1 Å². The van der Waals surface area contributed by atoms with Gasteiger partial charge >= 0.3 is 11.9 Å². The van der Waals surface area contributed by atoms with E-state index in [0.29, 0.717) is 37.6 Å². The summed E-state index contributed by atoms with van der Waals surface area (Å²) < 4.78 is 34.5. The molecular formula is C71H65N2O8+. The number of carbonyl (C=O) groups is 2. The standard InChI is InChI=1S/C35H31NO4.C27H22NO4.C9H12/c1-21-13-22(2)15-26(14-21)32-23(3)16-25(29-10-6-7-11-30(29)34(37)38-4)18-27(32)19-39-35-33-28(20-40-35)17-24-9-5-8-12-31(24)36-33;1-17-11-18(13-20(12-17)22-8-4-5-9-23(22)26(29)30-2)15-31-27-25-21(16-32-27)14-19-7-3-6-10-24(19)28-25;1-7-4-8(2)6-9(3)5-7/h5-18,35H,19-20H2,1-4H3;4-14,27H,15-16H2,1-2H3;4-6H,1-3H3/q;+1;. The van der Waals surface area contributed by atoms with Gasteiger partial charge in [-0.05, 0) is 135 Å². The minimum atomic E-state index is -0.557. The lowest BCUT2D eigenvalue weighted by molar-refractivity contribution is -0.147. The Balaban J connectivity index is 0.000000160. The maximum atomic E-state index is 12.6. The average Bonchev–Trinajstić information content (AvgIpc) is 4.15. The molecule has 0 radical (unpaired) electrons. The predicted octanol–water partition coefficient (Wildman–Crippen LogP) is 16.1. The highest BCUT2D eigenvalue weighted by Gasteiger charge is 2.30. The molecule has 9 aromatic rings. The van der Waals surface area contributed by atoms with E-state index >= 15 is 0 Å². The molecule has 0 fully saturated rings. The summed E-state index contributed by atoms with van der Waals surface area (Å²) in [5.74, 6) is -0.717. The molecule has 2 aliphatic heterocycles. The molecule has 0 saturated carbocycles. The third kappa shape index (κ3) is 12.8. The number of ether oxygens (including phenoxy) is 6. The molecule has 0 spiro atoms. The van der Waals surface area contributed by atoms with Crippen LogP contribution in [0.1, 0.15) is 117 Å². The quantitative estimate of drug-likeness (QED) is 0.0916. The van der Waals surface area contributed by atoms with Crippen LogP contribution in [0.2, 0.25) is 0 Å². The third-order valence-electron chi connectivity index (χ3n) is 14.3. The first-order valence-corrected chi connectivity index (χ1v) is 27.1. The number of carbonyl (C=O) groups excluding carboxylic acids is 2. The molecule has 2 unspecified atom stereocenters. The summed E-state index contributed by atoms with van der Waals surface area (Å²) in [6.45, 7) is 16.4. The van der Waals surface area contributed by atoms with E-state index in [2.05, 4.69) is 126 Å². The van der Waals surface area contributed by atoms with Crippen LogP contribution < -0.4 is 0 Å². The van der Waals surface area contributed by atoms with Gasteiger partial charge in [-0.1, -0.05) is 143 Å². The van der Waals surface area contributed by atoms with E-state index in [1.165, 1.54) is 42.0 Å². The Hall–Kier alpha value is -8.73. The van der Waals surface area contributed by atoms with E-state index in [-0.39, 0.29) is 11.9 Å². The monoisotopic (exact) mass is 1070 g/mol. The second kappa shape index (κ2) is 24.7. The minimum absolute atomic E-state index is 0.315. The normalized spacial score (nSPS) is 14.4. The van der Waals surface area contributed by atoms with Crippen molar-refractivity contribution >= 4 is 35.0 Å². The van der Waals surface area contributed by atoms with Gasteiger partial charge in [0.15, 0.2) is 5.69 Å². The van der Waals surface area contributed by atoms with Gasteiger partial charge in [0.1, 0.15) is 29.1 Å². The highest BCUT2D eigenvalue weighted by molar-refractivity contribution is 5.98. The number of hydrogen-bond acceptors (Lipinski definition) is 10. The van der Waals surface area contributed by atoms with Crippen LogP contribution in [0.15, 0.2) is 158 Å². The first kappa shape index (κ1) is 55.6. The van der Waals surface area contributed by atoms with Crippen molar-refractivity contribution in [3.8, 4) is 33.4 Å². The second-order valence-corrected chi connectivity index (χ2v) is 20.9. The van der Waals surface area contributed by atoms with Gasteiger partial charge in [0.25, 0.3) is 0 Å². The van der Waals surface area contributed by atoms with Gasteiger partial charge < -0.3 is 28.4 Å². The zero-order valence-corrected chi connectivity index (χ0v) is 47.3. The van der Waals surface area contributed by atoms with Crippen LogP contribution in [0, 0.1) is 54.5 Å². The summed E-state index contributed by atoms with van der Waals surface area (Å²) in [4.78, 5) is 34.4. The number of rotatable bonds is 11. The molecule has 7 aromatic carbocycles. The van der Waals surface area contributed by atoms with Crippen molar-refractivity contribution in [2.24, 2.45) is 0 Å². The minimum Gasteiger partial charge on any atom is -0.465 e. The first-order chi connectivity index (χ1) is 39.2. The van der Waals surface area contributed by atoms with Crippen LogP contribution in [-0.4, -0.2) is 36.1 Å². The van der Waals surface area contributed by atoms with Crippen LogP contribution in [-0.2, 0) is 54.8 Å². The van der Waals surface area contributed by atoms with Crippen molar-refractivity contribution in [2.75, 3.05) is 14.2 Å². The fourth-order valence-corrected chi connectivity index (χ4v) is 11.0. The van der Waals surface area contributed by atoms with Crippen molar-refractivity contribution in [2.45, 2.75) is 87.5 Å². The molecule has 12 rings (SSSR count). The Labute approximate surface area is 474 Å². The number of pyridine rings is 2. The van der Waals surface area contributed by atoms with Gasteiger partial charge in [0, 0.05) is 28.7 Å². The van der Waals surface area contributed by atoms with Gasteiger partial charge in [-0.2, -0.15) is 0 Å². The smallest absolute Gasteiger partial charge is 0.338 e. The van der Waals surface area contributed by atoms with E-state index in [4.69, 9.17) is 38.4 Å². The maximum Gasteiger partial charge on any atom is 0.338 e. The second-order valence-electron chi connectivity index (χ2n) is 20.9. The Morgan fingerprint density at radius 1 is 0.543 bits per heavy atom. The highest BCUT2D eigenvalue weighted by Crippen LogP contribution is 2.39. The van der Waals surface area contributed by atoms with Crippen molar-refractivity contribution < 1.29 is 38.0 Å². The van der Waals surface area contributed by atoms with Crippen LogP contribution in [0.5, 0.6) is 0 Å². The molecule has 1 aliphatic carbocycles. The number of para-hydroxylation sites is 1. The number of allylic oxidation sites excluding steroid dienone is 2. The van der Waals surface area contributed by atoms with E-state index in [1.807, 2.05) is 85.8 Å². The Morgan fingerprint density at radius 2 is 1.06 bits per heavy atom. The molecule has 0 saturated heterocycles. The summed E-state index contributed by atoms with van der Waals surface area (Å²) >= 11 is 0. The lowest BCUT2D eigenvalue weighted by Gasteiger charge is -2.20. The van der Waals surface area contributed by atoms with E-state index in [0.717, 1.165) is 100 Å². The Kier molecular flexibility index (Phi) is 17.0. The molecule has 0 bridgehead atoms. The van der Waals surface area contributed by atoms with E-state index in [9.17, 15) is 9.59 Å². The number of esters is 2. The largest absolute Gasteiger partial charge is 0.465 e. The van der Waals surface area contributed by atoms with Crippen molar-refractivity contribution in [1.29, 1.82) is 0 Å². The van der Waals surface area contributed by atoms with E-state index < -0.39 is 12.6 Å². The summed E-state index contributed by atoms with van der Waals surface area (Å²) in [5, 5.41) is 1.09. The van der Waals surface area contributed by atoms with Crippen molar-refractivity contribution in [1.82, 2.24) is 9.97 Å². The zero-order chi connectivity index (χ0) is 56.7. The SMILES string of the molecule is COC(=O)c1ccccc1-c1cc(C)c(-c2cc(C)cc(C)c2)c(COC2OCc3cc4ccccc4nc32)c1.COC(=O)c1ccccc1-c1cc(C)cc(COC2OCc3cc4c(nc32)C=C[C+]=C4)c1.Cc1cc(C)cc(C)c1. The lowest BCUT2D eigenvalue weighted by atomic mass is 9.88. The fourth-order valence-electron chi connectivity index (χ4n) is 11.0. The zero-order valence-electron chi connectivity index (χ0n) is 47.3. The number of nitrogens with zero attached hydrogens (tertiary/aromatic N) is 2. The van der Waals surface area contributed by atoms with Gasteiger partial charge in [0.2, 0.25) is 12.6 Å². The van der Waals surface area contributed by atoms with Crippen LogP contribution >= 0.6 is 0 Å². The van der Waals surface area contributed by atoms with Gasteiger partial charge in [0.05, 0.1) is 63.4 Å². The number of benzene rings is 7. The lowest BCUT2D eigenvalue weighted by Crippen LogP contribution is -2.07. The topological polar surface area (TPSA) is 115 Å². The highest BCUT2D eigenvalue weighted by atomic mass is 16.7. The maximum absolute atomic E-state index is 12.6. The molecular weight excluding hydrogens is 1010 g/mol. The average molecular weight is 1070 g/mol. The molecule has 4 heterocycles. The number of aromatic nitrogens is 2. The molecule has 406 valence electrons. The molecule has 0 N–H and O–H groups in total. The number of fused-ring (bicyclic) bond motifs is 4. The molecule has 10 heteroatoms. The number of methoxy groups -OCH3 is 2. The fraction of sp³-hybridized carbons (Fsp3) is 0.211. The summed E-state index contributed by atoms with van der Waals surface area (Å²) in [7, 11) is 2.80. The summed E-state index contributed by atoms with van der Waals surface area (Å²) in [6.07, 6.45) is 7.74. The molecule has 81 heavy (non-hydrogen) atoms. The first-order valence-electron chi connectivity index (χ1n) is 27.1. The number of aryl methyl sites for hydroxylation is 7. The molecule has 3 aliphatic rings. The van der Waals surface area contributed by atoms with Crippen molar-refractivity contribution in [3.63, 3.8) is 0 Å². The molecule has 2 aromatic heterocycles. The molecule has 0 amide bonds. The number of hydrogen-bond donors (Lipinski definition) is 0. The summed E-state index contributed by atoms with van der Waals surface area (Å²) in [5.41, 5.74) is 24.1. The van der Waals surface area contributed by atoms with Gasteiger partial charge in [-0.3, -0.25) is 0 Å². The van der Waals surface area contributed by atoms with Crippen LogP contribution in [0.4, 0.5) is 0 Å². The summed E-state index contributed by atoms with van der Waals surface area (Å²) in [6, 6.07) is 50.8. The third-order valence-corrected chi connectivity index (χ3v) is 14.3. The van der Waals surface area contributed by atoms with Gasteiger partial charge in [-0.15, -0.1) is 0 Å². The van der Waals surface area contributed by atoms with Crippen LogP contribution in [0.3, 0.4) is 0 Å². The molecule has 10 nitrogen and oxygen atoms in total.